The Morgan fingerprint density at radius 1 is 1.12 bits per heavy atom. The van der Waals surface area contributed by atoms with Gasteiger partial charge in [0.1, 0.15) is 5.60 Å². The first-order valence-corrected chi connectivity index (χ1v) is 7.86. The van der Waals surface area contributed by atoms with Gasteiger partial charge in [0.2, 0.25) is 11.8 Å². The minimum atomic E-state index is -0.374. The number of aromatic nitrogens is 3. The predicted molar refractivity (Wildman–Crippen MR) is 94.4 cm³/mol. The lowest BCUT2D eigenvalue weighted by molar-refractivity contribution is 0.0600. The Morgan fingerprint density at radius 2 is 1.84 bits per heavy atom. The summed E-state index contributed by atoms with van der Waals surface area (Å²) in [5.74, 6) is 0.684. The van der Waals surface area contributed by atoms with Crippen LogP contribution in [-0.4, -0.2) is 33.3 Å². The third-order valence-corrected chi connectivity index (χ3v) is 3.30. The van der Waals surface area contributed by atoms with Crippen molar-refractivity contribution in [2.45, 2.75) is 26.4 Å². The maximum Gasteiger partial charge on any atom is 0.337 e. The number of nitrogens with one attached hydrogen (secondary N) is 1. The summed E-state index contributed by atoms with van der Waals surface area (Å²) in [5.41, 5.74) is 1.59. The minimum absolute atomic E-state index is 0.336. The van der Waals surface area contributed by atoms with E-state index in [-0.39, 0.29) is 11.6 Å². The zero-order chi connectivity index (χ0) is 18.0. The minimum Gasteiger partial charge on any atom is -0.472 e. The Balaban J connectivity index is 1.85. The van der Waals surface area contributed by atoms with Gasteiger partial charge in [0.05, 0.1) is 12.7 Å². The monoisotopic (exact) mass is 340 g/mol. The molecule has 2 heterocycles. The van der Waals surface area contributed by atoms with Crippen molar-refractivity contribution in [1.29, 1.82) is 0 Å². The zero-order valence-electron chi connectivity index (χ0n) is 14.6. The number of rotatable bonds is 4. The second kappa shape index (κ2) is 6.43. The highest BCUT2D eigenvalue weighted by Crippen LogP contribution is 2.21. The van der Waals surface area contributed by atoms with E-state index in [0.717, 1.165) is 5.69 Å². The quantitative estimate of drug-likeness (QED) is 0.733. The fraction of sp³-hybridized carbons (Fsp3) is 0.278. The van der Waals surface area contributed by atoms with Gasteiger partial charge < -0.3 is 14.8 Å². The number of esters is 1. The molecule has 0 aliphatic rings. The molecule has 7 nitrogen and oxygen atoms in total. The van der Waals surface area contributed by atoms with Crippen molar-refractivity contribution in [1.82, 2.24) is 14.6 Å². The Morgan fingerprint density at radius 3 is 2.48 bits per heavy atom. The number of anilines is 2. The Kier molecular flexibility index (Phi) is 4.31. The van der Waals surface area contributed by atoms with Crippen molar-refractivity contribution < 1.29 is 14.3 Å². The van der Waals surface area contributed by atoms with E-state index >= 15 is 0 Å². The van der Waals surface area contributed by atoms with Gasteiger partial charge in [0, 0.05) is 11.8 Å². The van der Waals surface area contributed by atoms with Gasteiger partial charge >= 0.3 is 5.97 Å². The van der Waals surface area contributed by atoms with Gasteiger partial charge in [-0.05, 0) is 51.1 Å². The van der Waals surface area contributed by atoms with Crippen molar-refractivity contribution in [3.8, 4) is 5.88 Å². The Bertz CT molecular complexity index is 895. The molecule has 0 saturated carbocycles. The fourth-order valence-electron chi connectivity index (χ4n) is 2.26. The molecular formula is C18H20N4O3. The van der Waals surface area contributed by atoms with Crippen LogP contribution in [0.2, 0.25) is 0 Å². The number of nitrogens with zero attached hydrogens (tertiary/aromatic N) is 3. The van der Waals surface area contributed by atoms with Crippen LogP contribution in [0.5, 0.6) is 5.88 Å². The largest absolute Gasteiger partial charge is 0.472 e. The topological polar surface area (TPSA) is 77.8 Å². The van der Waals surface area contributed by atoms with E-state index in [2.05, 4.69) is 20.1 Å². The maximum absolute atomic E-state index is 11.5. The molecule has 0 amide bonds. The van der Waals surface area contributed by atoms with E-state index in [1.165, 1.54) is 7.11 Å². The molecule has 25 heavy (non-hydrogen) atoms. The van der Waals surface area contributed by atoms with Gasteiger partial charge in [0.15, 0.2) is 5.65 Å². The molecule has 130 valence electrons. The molecule has 0 spiro atoms. The van der Waals surface area contributed by atoms with Crippen molar-refractivity contribution >= 4 is 23.3 Å². The normalized spacial score (nSPS) is 11.4. The van der Waals surface area contributed by atoms with Crippen LogP contribution in [0.25, 0.3) is 5.65 Å². The number of hydrogen-bond acceptors (Lipinski definition) is 6. The summed E-state index contributed by atoms with van der Waals surface area (Å²) in [4.78, 5) is 15.9. The van der Waals surface area contributed by atoms with Gasteiger partial charge in [-0.15, -0.1) is 5.10 Å². The molecule has 3 aromatic rings. The van der Waals surface area contributed by atoms with Gasteiger partial charge in [-0.25, -0.2) is 4.79 Å². The molecule has 0 radical (unpaired) electrons. The smallest absolute Gasteiger partial charge is 0.337 e. The fourth-order valence-corrected chi connectivity index (χ4v) is 2.26. The molecule has 0 aliphatic heterocycles. The molecule has 0 unspecified atom stereocenters. The lowest BCUT2D eigenvalue weighted by atomic mass is 10.2. The summed E-state index contributed by atoms with van der Waals surface area (Å²) in [5, 5.41) is 7.56. The zero-order valence-corrected chi connectivity index (χ0v) is 14.6. The number of carbonyl (C=O) groups is 1. The first kappa shape index (κ1) is 16.8. The molecule has 1 N–H and O–H groups in total. The number of ether oxygens (including phenoxy) is 2. The molecular weight excluding hydrogens is 320 g/mol. The molecule has 3 rings (SSSR count). The molecule has 2 aromatic heterocycles. The molecule has 0 atom stereocenters. The summed E-state index contributed by atoms with van der Waals surface area (Å²) < 4.78 is 12.2. The number of benzene rings is 1. The standard InChI is InChI=1S/C18H20N4O3/c1-18(2,3)25-15-7-5-6-14-20-17(21-22(14)15)19-13-10-8-12(9-11-13)16(23)24-4/h5-11H,1-4H3,(H,19,21). The number of fused-ring (bicyclic) bond motifs is 1. The summed E-state index contributed by atoms with van der Waals surface area (Å²) in [6, 6.07) is 12.5. The van der Waals surface area contributed by atoms with Gasteiger partial charge in [-0.2, -0.15) is 9.50 Å². The number of carbonyl (C=O) groups excluding carboxylic acids is 1. The predicted octanol–water partition coefficient (Wildman–Crippen LogP) is 3.44. The second-order valence-corrected chi connectivity index (χ2v) is 6.48. The van der Waals surface area contributed by atoms with Crippen molar-refractivity contribution in [3.05, 3.63) is 48.0 Å². The third kappa shape index (κ3) is 3.88. The van der Waals surface area contributed by atoms with Crippen molar-refractivity contribution in [3.63, 3.8) is 0 Å². The second-order valence-electron chi connectivity index (χ2n) is 6.48. The van der Waals surface area contributed by atoms with E-state index < -0.39 is 0 Å². The average molecular weight is 340 g/mol. The molecule has 0 bridgehead atoms. The van der Waals surface area contributed by atoms with Gasteiger partial charge in [-0.3, -0.25) is 0 Å². The van der Waals surface area contributed by atoms with Crippen LogP contribution in [0.1, 0.15) is 31.1 Å². The summed E-state index contributed by atoms with van der Waals surface area (Å²) in [7, 11) is 1.35. The van der Waals surface area contributed by atoms with E-state index in [0.29, 0.717) is 23.0 Å². The van der Waals surface area contributed by atoms with Crippen LogP contribution in [0.3, 0.4) is 0 Å². The Hall–Kier alpha value is -3.09. The first-order valence-electron chi connectivity index (χ1n) is 7.86. The number of methoxy groups -OCH3 is 1. The van der Waals surface area contributed by atoms with Crippen molar-refractivity contribution in [2.75, 3.05) is 12.4 Å². The van der Waals surface area contributed by atoms with Crippen molar-refractivity contribution in [2.24, 2.45) is 0 Å². The lowest BCUT2D eigenvalue weighted by Crippen LogP contribution is -2.24. The van der Waals surface area contributed by atoms with E-state index in [1.54, 1.807) is 28.8 Å². The van der Waals surface area contributed by atoms with Crippen LogP contribution >= 0.6 is 0 Å². The van der Waals surface area contributed by atoms with Crippen LogP contribution in [0.15, 0.2) is 42.5 Å². The highest BCUT2D eigenvalue weighted by Gasteiger charge is 2.15. The molecule has 0 fully saturated rings. The van der Waals surface area contributed by atoms with Crippen LogP contribution in [0.4, 0.5) is 11.6 Å². The van der Waals surface area contributed by atoms with E-state index in [9.17, 15) is 4.79 Å². The number of pyridine rings is 1. The SMILES string of the molecule is COC(=O)c1ccc(Nc2nc3cccc(OC(C)(C)C)n3n2)cc1. The van der Waals surface area contributed by atoms with E-state index in [1.807, 2.05) is 39.0 Å². The summed E-state index contributed by atoms with van der Waals surface area (Å²) >= 11 is 0. The molecule has 7 heteroatoms. The maximum atomic E-state index is 11.5. The summed E-state index contributed by atoms with van der Waals surface area (Å²) in [6.45, 7) is 5.93. The Labute approximate surface area is 145 Å². The highest BCUT2D eigenvalue weighted by molar-refractivity contribution is 5.89. The molecule has 0 aliphatic carbocycles. The van der Waals surface area contributed by atoms with Crippen LogP contribution in [-0.2, 0) is 4.74 Å². The summed E-state index contributed by atoms with van der Waals surface area (Å²) in [6.07, 6.45) is 0. The lowest BCUT2D eigenvalue weighted by Gasteiger charge is -2.21. The van der Waals surface area contributed by atoms with Crippen LogP contribution in [0, 0.1) is 0 Å². The van der Waals surface area contributed by atoms with Gasteiger partial charge in [0.25, 0.3) is 0 Å². The molecule has 1 aromatic carbocycles. The molecule has 0 saturated heterocycles. The third-order valence-electron chi connectivity index (χ3n) is 3.30. The highest BCUT2D eigenvalue weighted by atomic mass is 16.5. The van der Waals surface area contributed by atoms with Gasteiger partial charge in [-0.1, -0.05) is 6.07 Å². The van der Waals surface area contributed by atoms with E-state index in [4.69, 9.17) is 4.74 Å². The average Bonchev–Trinajstić information content (AvgIpc) is 2.97. The number of hydrogen-bond donors (Lipinski definition) is 1. The first-order chi connectivity index (χ1) is 11.9. The van der Waals surface area contributed by atoms with Crippen LogP contribution < -0.4 is 10.1 Å².